The smallest absolute Gasteiger partial charge is 0.122 e. The van der Waals surface area contributed by atoms with E-state index in [-0.39, 0.29) is 5.41 Å². The van der Waals surface area contributed by atoms with Crippen LogP contribution >= 0.6 is 0 Å². The first-order valence-corrected chi connectivity index (χ1v) is 10.8. The fourth-order valence-electron chi connectivity index (χ4n) is 3.92. The van der Waals surface area contributed by atoms with Gasteiger partial charge in [0.15, 0.2) is 0 Å². The van der Waals surface area contributed by atoms with Crippen molar-refractivity contribution in [3.8, 4) is 5.75 Å². The van der Waals surface area contributed by atoms with Crippen LogP contribution in [0.2, 0.25) is 0 Å². The first-order valence-electron chi connectivity index (χ1n) is 10.8. The Balaban J connectivity index is 1.96. The molecule has 0 N–H and O–H groups in total. The largest absolute Gasteiger partial charge is 0.493 e. The van der Waals surface area contributed by atoms with E-state index in [0.717, 1.165) is 44.6 Å². The normalized spacial score (nSPS) is 20.4. The number of hydrogen-bond acceptors (Lipinski definition) is 2. The minimum atomic E-state index is 0.235. The lowest BCUT2D eigenvalue weighted by molar-refractivity contribution is 0.222. The molecule has 0 saturated carbocycles. The number of nitrogens with zero attached hydrogens (tertiary/aromatic N) is 1. The number of unbranched alkanes of at least 4 members (excludes halogenated alkanes) is 1. The van der Waals surface area contributed by atoms with Gasteiger partial charge in [-0.15, -0.1) is 0 Å². The highest BCUT2D eigenvalue weighted by molar-refractivity contribution is 6.03. The number of ether oxygens (including phenoxy) is 1. The van der Waals surface area contributed by atoms with E-state index in [0.29, 0.717) is 5.92 Å². The molecule has 0 amide bonds. The second-order valence-corrected chi connectivity index (χ2v) is 8.89. The van der Waals surface area contributed by atoms with Crippen LogP contribution in [0, 0.1) is 18.3 Å². The molecule has 150 valence electrons. The van der Waals surface area contributed by atoms with Crippen molar-refractivity contribution >= 4 is 5.71 Å². The summed E-state index contributed by atoms with van der Waals surface area (Å²) in [4.78, 5) is 5.09. The maximum absolute atomic E-state index is 6.10. The zero-order chi connectivity index (χ0) is 20.1. The molecule has 3 rings (SSSR count). The maximum atomic E-state index is 6.10. The molecule has 1 unspecified atom stereocenters. The summed E-state index contributed by atoms with van der Waals surface area (Å²) in [5.74, 6) is 1.65. The Hall–Kier alpha value is -2.09. The van der Waals surface area contributed by atoms with Gasteiger partial charge in [-0.3, -0.25) is 4.99 Å². The summed E-state index contributed by atoms with van der Waals surface area (Å²) in [5.41, 5.74) is 6.70. The zero-order valence-electron chi connectivity index (χ0n) is 18.2. The van der Waals surface area contributed by atoms with Crippen LogP contribution in [0.3, 0.4) is 0 Å². The molecule has 0 radical (unpaired) electrons. The summed E-state index contributed by atoms with van der Waals surface area (Å²) in [5, 5.41) is 0. The van der Waals surface area contributed by atoms with Crippen LogP contribution in [-0.2, 0) is 13.0 Å². The molecule has 2 aromatic carbocycles. The van der Waals surface area contributed by atoms with Gasteiger partial charge < -0.3 is 4.74 Å². The fraction of sp³-hybridized carbons (Fsp3) is 0.500. The molecule has 0 fully saturated rings. The first-order chi connectivity index (χ1) is 13.4. The van der Waals surface area contributed by atoms with E-state index in [2.05, 4.69) is 77.1 Å². The van der Waals surface area contributed by atoms with Gasteiger partial charge in [-0.1, -0.05) is 64.4 Å². The van der Waals surface area contributed by atoms with Gasteiger partial charge >= 0.3 is 0 Å². The van der Waals surface area contributed by atoms with Crippen molar-refractivity contribution in [3.05, 3.63) is 64.7 Å². The second-order valence-electron chi connectivity index (χ2n) is 8.89. The molecule has 0 spiro atoms. The van der Waals surface area contributed by atoms with Crippen LogP contribution in [-0.4, -0.2) is 12.3 Å². The average molecular weight is 378 g/mol. The van der Waals surface area contributed by atoms with Crippen LogP contribution in [0.15, 0.2) is 47.5 Å². The third-order valence-corrected chi connectivity index (χ3v) is 6.32. The van der Waals surface area contributed by atoms with Gasteiger partial charge in [-0.05, 0) is 71.9 Å². The minimum Gasteiger partial charge on any atom is -0.493 e. The Bertz CT molecular complexity index is 822. The Morgan fingerprint density at radius 3 is 2.54 bits per heavy atom. The number of aliphatic imine (C=N–C) groups is 1. The lowest BCUT2D eigenvalue weighted by Crippen LogP contribution is -2.34. The van der Waals surface area contributed by atoms with Crippen LogP contribution in [0.4, 0.5) is 0 Å². The molecule has 0 bridgehead atoms. The molecular weight excluding hydrogens is 342 g/mol. The molecule has 0 aromatic heterocycles. The predicted octanol–water partition coefficient (Wildman–Crippen LogP) is 6.77. The summed E-state index contributed by atoms with van der Waals surface area (Å²) < 4.78 is 6.10. The summed E-state index contributed by atoms with van der Waals surface area (Å²) in [7, 11) is 0. The van der Waals surface area contributed by atoms with Crippen molar-refractivity contribution in [2.24, 2.45) is 16.3 Å². The Kier molecular flexibility index (Phi) is 6.59. The minimum absolute atomic E-state index is 0.235. The van der Waals surface area contributed by atoms with E-state index in [1.54, 1.807) is 0 Å². The van der Waals surface area contributed by atoms with E-state index in [1.807, 2.05) is 0 Å². The highest BCUT2D eigenvalue weighted by Crippen LogP contribution is 2.43. The number of aryl methyl sites for hydroxylation is 1. The Morgan fingerprint density at radius 1 is 1.11 bits per heavy atom. The first kappa shape index (κ1) is 20.6. The predicted molar refractivity (Wildman–Crippen MR) is 120 cm³/mol. The zero-order valence-corrected chi connectivity index (χ0v) is 18.2. The topological polar surface area (TPSA) is 21.6 Å². The Morgan fingerprint density at radius 2 is 1.86 bits per heavy atom. The summed E-state index contributed by atoms with van der Waals surface area (Å²) in [6.45, 7) is 13.0. The van der Waals surface area contributed by atoms with Crippen molar-refractivity contribution < 1.29 is 4.74 Å². The number of rotatable bonds is 7. The quantitative estimate of drug-likeness (QED) is 0.488. The lowest BCUT2D eigenvalue weighted by atomic mass is 9.66. The average Bonchev–Trinajstić information content (AvgIpc) is 2.68. The molecule has 0 saturated heterocycles. The molecule has 2 aromatic rings. The maximum Gasteiger partial charge on any atom is 0.122 e. The number of hydrogen-bond donors (Lipinski definition) is 0. The van der Waals surface area contributed by atoms with Crippen molar-refractivity contribution in [2.75, 3.05) is 6.61 Å². The fourth-order valence-corrected chi connectivity index (χ4v) is 3.92. The molecule has 1 atom stereocenters. The number of benzene rings is 2. The van der Waals surface area contributed by atoms with Crippen LogP contribution in [0.1, 0.15) is 69.2 Å². The van der Waals surface area contributed by atoms with Gasteiger partial charge in [-0.25, -0.2) is 0 Å². The highest BCUT2D eigenvalue weighted by Gasteiger charge is 2.36. The van der Waals surface area contributed by atoms with Gasteiger partial charge in [0, 0.05) is 5.71 Å². The van der Waals surface area contributed by atoms with Crippen LogP contribution < -0.4 is 4.74 Å². The lowest BCUT2D eigenvalue weighted by Gasteiger charge is -2.39. The monoisotopic (exact) mass is 377 g/mol. The highest BCUT2D eigenvalue weighted by atomic mass is 16.5. The molecule has 1 aliphatic carbocycles. The van der Waals surface area contributed by atoms with E-state index in [4.69, 9.17) is 9.73 Å². The molecule has 2 nitrogen and oxygen atoms in total. The third kappa shape index (κ3) is 4.66. The van der Waals surface area contributed by atoms with Crippen molar-refractivity contribution in [2.45, 2.75) is 66.8 Å². The van der Waals surface area contributed by atoms with Gasteiger partial charge in [0.2, 0.25) is 0 Å². The van der Waals surface area contributed by atoms with E-state index >= 15 is 0 Å². The summed E-state index contributed by atoms with van der Waals surface area (Å²) in [6.07, 6.45) is 4.39. The van der Waals surface area contributed by atoms with Crippen molar-refractivity contribution in [1.82, 2.24) is 0 Å². The van der Waals surface area contributed by atoms with E-state index < -0.39 is 0 Å². The molecule has 0 heterocycles. The van der Waals surface area contributed by atoms with E-state index in [9.17, 15) is 0 Å². The van der Waals surface area contributed by atoms with Crippen molar-refractivity contribution in [3.63, 3.8) is 0 Å². The summed E-state index contributed by atoms with van der Waals surface area (Å²) in [6, 6.07) is 15.2. The van der Waals surface area contributed by atoms with Gasteiger partial charge in [-0.2, -0.15) is 0 Å². The standard InChI is InChI=1S/C26H35NO/c1-6-7-13-28-25-15-22-16-26(5,19(2)3)17-24(23(22)14-20(25)4)27-18-21-11-9-8-10-12-21/h8-12,14-15,19H,6-7,13,16-18H2,1-5H3. The molecule has 0 aliphatic heterocycles. The third-order valence-electron chi connectivity index (χ3n) is 6.32. The second kappa shape index (κ2) is 8.94. The molecule has 1 aliphatic rings. The van der Waals surface area contributed by atoms with Crippen molar-refractivity contribution in [1.29, 1.82) is 0 Å². The SMILES string of the molecule is CCCCOc1cc2c(cc1C)C(=NCc1ccccc1)CC(C)(C(C)C)C2. The molecular formula is C26H35NO. The van der Waals surface area contributed by atoms with Gasteiger partial charge in [0.05, 0.1) is 13.2 Å². The van der Waals surface area contributed by atoms with Gasteiger partial charge in [0.1, 0.15) is 5.75 Å². The van der Waals surface area contributed by atoms with Gasteiger partial charge in [0.25, 0.3) is 0 Å². The molecule has 28 heavy (non-hydrogen) atoms. The van der Waals surface area contributed by atoms with Crippen LogP contribution in [0.25, 0.3) is 0 Å². The Labute approximate surface area is 171 Å². The number of fused-ring (bicyclic) bond motifs is 1. The molecule has 2 heteroatoms. The van der Waals surface area contributed by atoms with E-state index in [1.165, 1.54) is 28.0 Å². The summed E-state index contributed by atoms with van der Waals surface area (Å²) >= 11 is 0. The van der Waals surface area contributed by atoms with Crippen LogP contribution in [0.5, 0.6) is 5.75 Å².